The molecule has 2 atom stereocenters. The molecule has 0 radical (unpaired) electrons. The van der Waals surface area contributed by atoms with Crippen molar-refractivity contribution < 1.29 is 9.53 Å². The number of amides is 1. The van der Waals surface area contributed by atoms with Gasteiger partial charge in [-0.2, -0.15) is 0 Å². The SMILES string of the molecule is Cc1cc(=O)[nH]c(CCNC(=O)CN2C[C@@H](C)O[C@@H](C)C2)n1. The average molecular weight is 308 g/mol. The monoisotopic (exact) mass is 308 g/mol. The van der Waals surface area contributed by atoms with E-state index in [4.69, 9.17) is 4.74 Å². The van der Waals surface area contributed by atoms with Crippen LogP contribution in [0.2, 0.25) is 0 Å². The molecule has 0 aliphatic carbocycles. The maximum atomic E-state index is 12.0. The number of morpholine rings is 1. The molecule has 22 heavy (non-hydrogen) atoms. The van der Waals surface area contributed by atoms with Crippen LogP contribution in [0.3, 0.4) is 0 Å². The van der Waals surface area contributed by atoms with Crippen LogP contribution in [0, 0.1) is 6.92 Å². The van der Waals surface area contributed by atoms with Crippen LogP contribution in [-0.2, 0) is 16.0 Å². The molecule has 1 amide bonds. The number of nitrogens with zero attached hydrogens (tertiary/aromatic N) is 2. The van der Waals surface area contributed by atoms with Crippen molar-refractivity contribution in [3.63, 3.8) is 0 Å². The molecular weight excluding hydrogens is 284 g/mol. The predicted molar refractivity (Wildman–Crippen MR) is 82.8 cm³/mol. The van der Waals surface area contributed by atoms with E-state index in [1.807, 2.05) is 13.8 Å². The van der Waals surface area contributed by atoms with Gasteiger partial charge < -0.3 is 15.0 Å². The summed E-state index contributed by atoms with van der Waals surface area (Å²) >= 11 is 0. The molecule has 0 saturated carbocycles. The minimum atomic E-state index is -0.162. The molecule has 1 aromatic rings. The summed E-state index contributed by atoms with van der Waals surface area (Å²) in [5.41, 5.74) is 0.520. The number of nitrogens with one attached hydrogen (secondary N) is 2. The molecule has 0 aromatic carbocycles. The standard InChI is InChI=1S/C15H24N4O3/c1-10-6-14(20)18-13(17-10)4-5-16-15(21)9-19-7-11(2)22-12(3)8-19/h6,11-12H,4-5,7-9H2,1-3H3,(H,16,21)(H,17,18,20)/t11-,12+. The molecule has 1 aliphatic rings. The predicted octanol–water partition coefficient (Wildman–Crippen LogP) is -0.154. The Hall–Kier alpha value is -1.73. The van der Waals surface area contributed by atoms with E-state index in [0.29, 0.717) is 31.0 Å². The molecule has 0 unspecified atom stereocenters. The minimum absolute atomic E-state index is 0.0173. The number of ether oxygens (including phenoxy) is 1. The lowest BCUT2D eigenvalue weighted by molar-refractivity contribution is -0.125. The van der Waals surface area contributed by atoms with Gasteiger partial charge in [0, 0.05) is 37.8 Å². The minimum Gasteiger partial charge on any atom is -0.373 e. The van der Waals surface area contributed by atoms with Crippen molar-refractivity contribution in [2.24, 2.45) is 0 Å². The molecule has 7 heteroatoms. The molecule has 1 aliphatic heterocycles. The highest BCUT2D eigenvalue weighted by molar-refractivity contribution is 5.78. The lowest BCUT2D eigenvalue weighted by Crippen LogP contribution is -2.49. The van der Waals surface area contributed by atoms with Crippen molar-refractivity contribution in [1.82, 2.24) is 20.2 Å². The van der Waals surface area contributed by atoms with E-state index in [-0.39, 0.29) is 23.7 Å². The fourth-order valence-electron chi connectivity index (χ4n) is 2.75. The largest absolute Gasteiger partial charge is 0.373 e. The molecule has 2 heterocycles. The van der Waals surface area contributed by atoms with Gasteiger partial charge in [0.05, 0.1) is 18.8 Å². The van der Waals surface area contributed by atoms with E-state index < -0.39 is 0 Å². The summed E-state index contributed by atoms with van der Waals surface area (Å²) in [5.74, 6) is 0.579. The fourth-order valence-corrected chi connectivity index (χ4v) is 2.75. The smallest absolute Gasteiger partial charge is 0.251 e. The van der Waals surface area contributed by atoms with Gasteiger partial charge in [-0.15, -0.1) is 0 Å². The molecule has 1 saturated heterocycles. The van der Waals surface area contributed by atoms with Crippen LogP contribution < -0.4 is 10.9 Å². The topological polar surface area (TPSA) is 87.3 Å². The molecule has 7 nitrogen and oxygen atoms in total. The highest BCUT2D eigenvalue weighted by Crippen LogP contribution is 2.09. The summed E-state index contributed by atoms with van der Waals surface area (Å²) < 4.78 is 5.64. The van der Waals surface area contributed by atoms with E-state index in [2.05, 4.69) is 20.2 Å². The summed E-state index contributed by atoms with van der Waals surface area (Å²) in [6.45, 7) is 8.17. The first kappa shape index (κ1) is 16.6. The Labute approximate surface area is 130 Å². The van der Waals surface area contributed by atoms with Gasteiger partial charge in [0.1, 0.15) is 5.82 Å². The third kappa shape index (κ3) is 5.23. The van der Waals surface area contributed by atoms with Gasteiger partial charge in [-0.25, -0.2) is 4.98 Å². The molecule has 2 rings (SSSR count). The third-order valence-electron chi connectivity index (χ3n) is 3.47. The Morgan fingerprint density at radius 1 is 1.45 bits per heavy atom. The highest BCUT2D eigenvalue weighted by atomic mass is 16.5. The number of aromatic amines is 1. The highest BCUT2D eigenvalue weighted by Gasteiger charge is 2.23. The van der Waals surface area contributed by atoms with Crippen LogP contribution in [0.15, 0.2) is 10.9 Å². The zero-order chi connectivity index (χ0) is 16.1. The Morgan fingerprint density at radius 2 is 2.14 bits per heavy atom. The summed E-state index contributed by atoms with van der Waals surface area (Å²) in [6.07, 6.45) is 0.815. The number of rotatable bonds is 5. The number of hydrogen-bond acceptors (Lipinski definition) is 5. The van der Waals surface area contributed by atoms with Crippen molar-refractivity contribution in [1.29, 1.82) is 0 Å². The average Bonchev–Trinajstić information content (AvgIpc) is 2.35. The van der Waals surface area contributed by atoms with Crippen molar-refractivity contribution in [3.8, 4) is 0 Å². The number of carbonyl (C=O) groups is 1. The quantitative estimate of drug-likeness (QED) is 0.790. The number of aromatic nitrogens is 2. The number of hydrogen-bond donors (Lipinski definition) is 2. The van der Waals surface area contributed by atoms with E-state index in [1.54, 1.807) is 6.92 Å². The van der Waals surface area contributed by atoms with Crippen LogP contribution in [0.1, 0.15) is 25.4 Å². The molecule has 1 fully saturated rings. The molecule has 0 spiro atoms. The molecular formula is C15H24N4O3. The third-order valence-corrected chi connectivity index (χ3v) is 3.47. The van der Waals surface area contributed by atoms with E-state index in [0.717, 1.165) is 13.1 Å². The molecule has 1 aromatic heterocycles. The van der Waals surface area contributed by atoms with Crippen molar-refractivity contribution >= 4 is 5.91 Å². The first-order valence-corrected chi connectivity index (χ1v) is 7.63. The van der Waals surface area contributed by atoms with Crippen LogP contribution in [0.25, 0.3) is 0 Å². The second kappa shape index (κ2) is 7.51. The van der Waals surface area contributed by atoms with Crippen molar-refractivity contribution in [3.05, 3.63) is 27.9 Å². The Kier molecular flexibility index (Phi) is 5.68. The Morgan fingerprint density at radius 3 is 2.77 bits per heavy atom. The summed E-state index contributed by atoms with van der Waals surface area (Å²) in [4.78, 5) is 32.3. The van der Waals surface area contributed by atoms with Crippen molar-refractivity contribution in [2.75, 3.05) is 26.2 Å². The van der Waals surface area contributed by atoms with Crippen molar-refractivity contribution in [2.45, 2.75) is 39.4 Å². The van der Waals surface area contributed by atoms with E-state index >= 15 is 0 Å². The van der Waals surface area contributed by atoms with Crippen LogP contribution in [0.4, 0.5) is 0 Å². The summed E-state index contributed by atoms with van der Waals surface area (Å²) in [7, 11) is 0. The van der Waals surface area contributed by atoms with Gasteiger partial charge >= 0.3 is 0 Å². The van der Waals surface area contributed by atoms with Gasteiger partial charge in [0.2, 0.25) is 5.91 Å². The number of H-pyrrole nitrogens is 1. The normalized spacial score (nSPS) is 22.5. The van der Waals surface area contributed by atoms with Crippen LogP contribution in [0.5, 0.6) is 0 Å². The first-order chi connectivity index (χ1) is 10.4. The summed E-state index contributed by atoms with van der Waals surface area (Å²) in [6, 6.07) is 1.45. The Balaban J connectivity index is 1.74. The maximum Gasteiger partial charge on any atom is 0.251 e. The van der Waals surface area contributed by atoms with Crippen LogP contribution in [-0.4, -0.2) is 59.2 Å². The zero-order valence-electron chi connectivity index (χ0n) is 13.4. The maximum absolute atomic E-state index is 12.0. The second-order valence-electron chi connectivity index (χ2n) is 5.88. The van der Waals surface area contributed by atoms with Gasteiger partial charge in [-0.3, -0.25) is 14.5 Å². The van der Waals surface area contributed by atoms with Gasteiger partial charge in [0.15, 0.2) is 0 Å². The van der Waals surface area contributed by atoms with Crippen LogP contribution >= 0.6 is 0 Å². The second-order valence-corrected chi connectivity index (χ2v) is 5.88. The van der Waals surface area contributed by atoms with E-state index in [9.17, 15) is 9.59 Å². The lowest BCUT2D eigenvalue weighted by atomic mass is 10.2. The van der Waals surface area contributed by atoms with Gasteiger partial charge in [0.25, 0.3) is 5.56 Å². The Bertz CT molecular complexity index is 562. The van der Waals surface area contributed by atoms with E-state index in [1.165, 1.54) is 6.07 Å². The number of carbonyl (C=O) groups excluding carboxylic acids is 1. The number of aryl methyl sites for hydroxylation is 1. The fraction of sp³-hybridized carbons (Fsp3) is 0.667. The lowest BCUT2D eigenvalue weighted by Gasteiger charge is -2.34. The summed E-state index contributed by atoms with van der Waals surface area (Å²) in [5, 5.41) is 2.86. The molecule has 122 valence electrons. The molecule has 2 N–H and O–H groups in total. The zero-order valence-corrected chi connectivity index (χ0v) is 13.4. The molecule has 0 bridgehead atoms. The van der Waals surface area contributed by atoms with Gasteiger partial charge in [-0.1, -0.05) is 0 Å². The first-order valence-electron chi connectivity index (χ1n) is 7.63. The van der Waals surface area contributed by atoms with Gasteiger partial charge in [-0.05, 0) is 20.8 Å².